The standard InChI is InChI=1S/C50H28N4S/c1-52-34-21-24-46-43(29-34)40-22-25-48-49(41-17-5-7-19-47(41)55-48)50(40)54(46)36-13-9-11-33(28-36)38-15-3-2-14-37(38)32-10-8-12-35(27-32)53-44-18-6-4-16-39(44)42-26-31(30-51)20-23-45(42)53/h2-29H. The highest BCUT2D eigenvalue weighted by molar-refractivity contribution is 7.26. The van der Waals surface area contributed by atoms with E-state index in [9.17, 15) is 5.26 Å². The summed E-state index contributed by atoms with van der Waals surface area (Å²) < 4.78 is 7.21. The third kappa shape index (κ3) is 4.68. The molecule has 0 N–H and O–H groups in total. The molecule has 0 fully saturated rings. The molecule has 5 heteroatoms. The van der Waals surface area contributed by atoms with Crippen LogP contribution in [0.2, 0.25) is 0 Å². The van der Waals surface area contributed by atoms with Gasteiger partial charge in [-0.3, -0.25) is 0 Å². The van der Waals surface area contributed by atoms with E-state index in [1.54, 1.807) is 0 Å². The van der Waals surface area contributed by atoms with Crippen LogP contribution in [-0.4, -0.2) is 9.13 Å². The normalized spacial score (nSPS) is 11.6. The molecule has 0 aliphatic heterocycles. The van der Waals surface area contributed by atoms with Gasteiger partial charge in [0.2, 0.25) is 0 Å². The molecule has 4 nitrogen and oxygen atoms in total. The SMILES string of the molecule is [C-]#[N+]c1ccc2c(c1)c1ccc3sc4ccccc4c3c1n2-c1cccc(-c2ccccc2-c2cccc(-n3c4ccccc4c4cc(C#N)ccc43)c2)c1. The van der Waals surface area contributed by atoms with Crippen molar-refractivity contribution >= 4 is 80.8 Å². The molecule has 55 heavy (non-hydrogen) atoms. The van der Waals surface area contributed by atoms with Gasteiger partial charge < -0.3 is 9.13 Å². The zero-order chi connectivity index (χ0) is 36.6. The van der Waals surface area contributed by atoms with Gasteiger partial charge in [0.15, 0.2) is 5.69 Å². The minimum absolute atomic E-state index is 0.638. The van der Waals surface area contributed by atoms with Crippen molar-refractivity contribution in [1.82, 2.24) is 9.13 Å². The molecule has 3 heterocycles. The fourth-order valence-corrected chi connectivity index (χ4v) is 9.68. The summed E-state index contributed by atoms with van der Waals surface area (Å²) in [4.78, 5) is 3.79. The number of nitriles is 1. The lowest BCUT2D eigenvalue weighted by molar-refractivity contribution is 1.18. The van der Waals surface area contributed by atoms with E-state index < -0.39 is 0 Å². The first-order valence-electron chi connectivity index (χ1n) is 18.2. The summed E-state index contributed by atoms with van der Waals surface area (Å²) in [5, 5.41) is 16.6. The molecule has 11 rings (SSSR count). The van der Waals surface area contributed by atoms with Gasteiger partial charge in [0, 0.05) is 47.7 Å². The Hall–Kier alpha value is -7.44. The lowest BCUT2D eigenvalue weighted by Crippen LogP contribution is -1.96. The number of rotatable bonds is 4. The van der Waals surface area contributed by atoms with E-state index in [2.05, 4.69) is 166 Å². The Labute approximate surface area is 320 Å². The van der Waals surface area contributed by atoms with Crippen LogP contribution in [0.3, 0.4) is 0 Å². The van der Waals surface area contributed by atoms with Crippen LogP contribution in [0, 0.1) is 17.9 Å². The van der Waals surface area contributed by atoms with Gasteiger partial charge in [0.05, 0.1) is 40.3 Å². The lowest BCUT2D eigenvalue weighted by atomic mass is 9.94. The van der Waals surface area contributed by atoms with Crippen LogP contribution in [0.1, 0.15) is 5.56 Å². The molecular weight excluding hydrogens is 689 g/mol. The fraction of sp³-hybridized carbons (Fsp3) is 0. The molecule has 0 saturated heterocycles. The van der Waals surface area contributed by atoms with E-state index >= 15 is 0 Å². The summed E-state index contributed by atoms with van der Waals surface area (Å²) in [7, 11) is 0. The Balaban J connectivity index is 1.11. The predicted molar refractivity (Wildman–Crippen MR) is 230 cm³/mol. The molecule has 0 unspecified atom stereocenters. The van der Waals surface area contributed by atoms with Gasteiger partial charge in [-0.15, -0.1) is 11.3 Å². The average molecular weight is 717 g/mol. The Morgan fingerprint density at radius 2 is 1.13 bits per heavy atom. The Bertz CT molecular complexity index is 3470. The van der Waals surface area contributed by atoms with E-state index in [0.29, 0.717) is 11.3 Å². The Kier molecular flexibility index (Phi) is 6.82. The van der Waals surface area contributed by atoms with Crippen molar-refractivity contribution in [2.75, 3.05) is 0 Å². The molecule has 0 aliphatic carbocycles. The largest absolute Gasteiger partial charge is 0.309 e. The van der Waals surface area contributed by atoms with Crippen molar-refractivity contribution in [2.45, 2.75) is 0 Å². The molecule has 0 spiro atoms. The van der Waals surface area contributed by atoms with Gasteiger partial charge in [0.1, 0.15) is 0 Å². The summed E-state index contributed by atoms with van der Waals surface area (Å²) in [6, 6.07) is 62.1. The molecular formula is C50H28N4S. The van der Waals surface area contributed by atoms with Gasteiger partial charge >= 0.3 is 0 Å². The van der Waals surface area contributed by atoms with Crippen molar-refractivity contribution in [2.24, 2.45) is 0 Å². The van der Waals surface area contributed by atoms with Gasteiger partial charge in [0.25, 0.3) is 0 Å². The van der Waals surface area contributed by atoms with E-state index in [4.69, 9.17) is 6.57 Å². The van der Waals surface area contributed by atoms with Crippen molar-refractivity contribution in [3.8, 4) is 39.7 Å². The third-order valence-corrected chi connectivity index (χ3v) is 12.1. The lowest BCUT2D eigenvalue weighted by Gasteiger charge is -2.15. The smallest absolute Gasteiger partial charge is 0.188 e. The van der Waals surface area contributed by atoms with E-state index in [1.807, 2.05) is 35.6 Å². The first kappa shape index (κ1) is 31.1. The van der Waals surface area contributed by atoms with Crippen molar-refractivity contribution < 1.29 is 0 Å². The van der Waals surface area contributed by atoms with Crippen molar-refractivity contribution in [1.29, 1.82) is 5.26 Å². The molecule has 11 aromatic rings. The maximum absolute atomic E-state index is 9.66. The molecule has 0 amide bonds. The number of nitrogens with zero attached hydrogens (tertiary/aromatic N) is 4. The first-order chi connectivity index (χ1) is 27.2. The Morgan fingerprint density at radius 1 is 0.491 bits per heavy atom. The minimum Gasteiger partial charge on any atom is -0.309 e. The molecule has 0 atom stereocenters. The molecule has 0 radical (unpaired) electrons. The second-order valence-corrected chi connectivity index (χ2v) is 15.0. The first-order valence-corrected chi connectivity index (χ1v) is 19.0. The summed E-state index contributed by atoms with van der Waals surface area (Å²) in [5.74, 6) is 0. The maximum atomic E-state index is 9.66. The second-order valence-electron chi connectivity index (χ2n) is 13.9. The van der Waals surface area contributed by atoms with E-state index in [-0.39, 0.29) is 0 Å². The highest BCUT2D eigenvalue weighted by Gasteiger charge is 2.20. The van der Waals surface area contributed by atoms with Gasteiger partial charge in [-0.25, -0.2) is 4.85 Å². The van der Waals surface area contributed by atoms with Crippen LogP contribution < -0.4 is 0 Å². The van der Waals surface area contributed by atoms with E-state index in [0.717, 1.165) is 71.7 Å². The maximum Gasteiger partial charge on any atom is 0.188 e. The summed E-state index contributed by atoms with van der Waals surface area (Å²) in [6.45, 7) is 7.77. The van der Waals surface area contributed by atoms with Crippen LogP contribution in [0.25, 0.3) is 102 Å². The van der Waals surface area contributed by atoms with Crippen LogP contribution in [0.15, 0.2) is 170 Å². The van der Waals surface area contributed by atoms with Gasteiger partial charge in [-0.05, 0) is 100 Å². The number of hydrogen-bond acceptors (Lipinski definition) is 2. The van der Waals surface area contributed by atoms with Gasteiger partial charge in [-0.1, -0.05) is 97.1 Å². The Morgan fingerprint density at radius 3 is 1.89 bits per heavy atom. The second kappa shape index (κ2) is 12.0. The van der Waals surface area contributed by atoms with Gasteiger partial charge in [-0.2, -0.15) is 5.26 Å². The molecule has 8 aromatic carbocycles. The summed E-state index contributed by atoms with van der Waals surface area (Å²) >= 11 is 1.82. The number of benzene rings is 8. The van der Waals surface area contributed by atoms with E-state index in [1.165, 1.54) is 25.7 Å². The third-order valence-electron chi connectivity index (χ3n) is 10.9. The van der Waals surface area contributed by atoms with Crippen LogP contribution in [-0.2, 0) is 0 Å². The fourth-order valence-electron chi connectivity index (χ4n) is 8.57. The van der Waals surface area contributed by atoms with Crippen LogP contribution >= 0.6 is 11.3 Å². The number of thiophene rings is 1. The molecule has 0 aliphatic rings. The van der Waals surface area contributed by atoms with Crippen LogP contribution in [0.5, 0.6) is 0 Å². The molecule has 0 saturated carbocycles. The van der Waals surface area contributed by atoms with Crippen molar-refractivity contribution in [3.05, 3.63) is 187 Å². The number of fused-ring (bicyclic) bond motifs is 10. The minimum atomic E-state index is 0.638. The number of hydrogen-bond donors (Lipinski definition) is 0. The number of para-hydroxylation sites is 1. The predicted octanol–water partition coefficient (Wildman–Crippen LogP) is 14.0. The monoisotopic (exact) mass is 716 g/mol. The zero-order valence-electron chi connectivity index (χ0n) is 29.4. The molecule has 3 aromatic heterocycles. The molecule has 0 bridgehead atoms. The summed E-state index contributed by atoms with van der Waals surface area (Å²) in [6.07, 6.45) is 0. The number of aromatic nitrogens is 2. The zero-order valence-corrected chi connectivity index (χ0v) is 30.2. The highest BCUT2D eigenvalue weighted by atomic mass is 32.1. The quantitative estimate of drug-likeness (QED) is 0.167. The van der Waals surface area contributed by atoms with Crippen LogP contribution in [0.4, 0.5) is 5.69 Å². The topological polar surface area (TPSA) is 38.0 Å². The average Bonchev–Trinajstić information content (AvgIpc) is 3.90. The van der Waals surface area contributed by atoms with Crippen molar-refractivity contribution in [3.63, 3.8) is 0 Å². The summed E-state index contributed by atoms with van der Waals surface area (Å²) in [5.41, 5.74) is 12.4. The molecule has 254 valence electrons. The highest BCUT2D eigenvalue weighted by Crippen LogP contribution is 2.44.